The van der Waals surface area contributed by atoms with Gasteiger partial charge in [0.15, 0.2) is 0 Å². The third kappa shape index (κ3) is 4.55. The highest BCUT2D eigenvalue weighted by Crippen LogP contribution is 2.27. The molecule has 1 aliphatic rings. The number of hydrogen-bond acceptors (Lipinski definition) is 3. The van der Waals surface area contributed by atoms with E-state index in [9.17, 15) is 4.79 Å². The molecule has 0 spiro atoms. The molecule has 21 heavy (non-hydrogen) atoms. The molecule has 1 saturated heterocycles. The van der Waals surface area contributed by atoms with Gasteiger partial charge in [-0.3, -0.25) is 9.69 Å². The Morgan fingerprint density at radius 3 is 2.90 bits per heavy atom. The van der Waals surface area contributed by atoms with E-state index in [4.69, 9.17) is 0 Å². The van der Waals surface area contributed by atoms with E-state index in [1.807, 2.05) is 0 Å². The first-order valence-corrected chi connectivity index (χ1v) is 7.90. The van der Waals surface area contributed by atoms with E-state index >= 15 is 0 Å². The van der Waals surface area contributed by atoms with Crippen LogP contribution in [0.1, 0.15) is 37.3 Å². The predicted molar refractivity (Wildman–Crippen MR) is 87.8 cm³/mol. The highest BCUT2D eigenvalue weighted by Gasteiger charge is 2.15. The van der Waals surface area contributed by atoms with Crippen molar-refractivity contribution >= 4 is 11.6 Å². The van der Waals surface area contributed by atoms with Crippen LogP contribution in [0, 0.1) is 6.92 Å². The Bertz CT molecular complexity index is 477. The summed E-state index contributed by atoms with van der Waals surface area (Å²) in [6.07, 6.45) is 1.11. The number of nitrogens with one attached hydrogen (secondary N) is 2. The summed E-state index contributed by atoms with van der Waals surface area (Å²) in [5.74, 6) is 0.496. The van der Waals surface area contributed by atoms with Crippen molar-refractivity contribution < 1.29 is 4.79 Å². The molecule has 4 heteroatoms. The summed E-state index contributed by atoms with van der Waals surface area (Å²) in [7, 11) is 0. The van der Waals surface area contributed by atoms with Crippen LogP contribution in [0.5, 0.6) is 0 Å². The van der Waals surface area contributed by atoms with Gasteiger partial charge in [-0.25, -0.2) is 0 Å². The minimum absolute atomic E-state index is 0.0908. The van der Waals surface area contributed by atoms with Crippen molar-refractivity contribution in [1.82, 2.24) is 10.2 Å². The largest absolute Gasteiger partial charge is 0.324 e. The summed E-state index contributed by atoms with van der Waals surface area (Å²) in [5.41, 5.74) is 3.33. The standard InChI is InChI=1S/C17H27N3O/c1-13(2)15-7-4-6-14(3)17(15)19-16(21)12-20-10-5-8-18-9-11-20/h4,6-7,13,18H,5,8-12H2,1-3H3,(H,19,21). The van der Waals surface area contributed by atoms with Crippen molar-refractivity contribution in [2.45, 2.75) is 33.1 Å². The van der Waals surface area contributed by atoms with Gasteiger partial charge in [-0.1, -0.05) is 32.0 Å². The lowest BCUT2D eigenvalue weighted by molar-refractivity contribution is -0.117. The quantitative estimate of drug-likeness (QED) is 0.894. The number of anilines is 1. The Balaban J connectivity index is 2.02. The zero-order valence-corrected chi connectivity index (χ0v) is 13.4. The topological polar surface area (TPSA) is 44.4 Å². The first kappa shape index (κ1) is 16.0. The van der Waals surface area contributed by atoms with Gasteiger partial charge in [-0.15, -0.1) is 0 Å². The lowest BCUT2D eigenvalue weighted by Gasteiger charge is -2.21. The molecular formula is C17H27N3O. The third-order valence-electron chi connectivity index (χ3n) is 3.99. The van der Waals surface area contributed by atoms with Gasteiger partial charge in [0, 0.05) is 18.8 Å². The third-order valence-corrected chi connectivity index (χ3v) is 3.99. The monoisotopic (exact) mass is 289 g/mol. The Kier molecular flexibility index (Phi) is 5.76. The van der Waals surface area contributed by atoms with Crippen LogP contribution < -0.4 is 10.6 Å². The number of rotatable bonds is 4. The summed E-state index contributed by atoms with van der Waals surface area (Å²) in [4.78, 5) is 14.6. The van der Waals surface area contributed by atoms with E-state index < -0.39 is 0 Å². The molecule has 2 rings (SSSR count). The summed E-state index contributed by atoms with van der Waals surface area (Å²) in [6, 6.07) is 6.21. The fourth-order valence-corrected chi connectivity index (χ4v) is 2.78. The Morgan fingerprint density at radius 2 is 2.14 bits per heavy atom. The van der Waals surface area contributed by atoms with Crippen LogP contribution >= 0.6 is 0 Å². The van der Waals surface area contributed by atoms with Crippen molar-refractivity contribution in [2.75, 3.05) is 38.0 Å². The Morgan fingerprint density at radius 1 is 1.33 bits per heavy atom. The van der Waals surface area contributed by atoms with Gasteiger partial charge in [0.2, 0.25) is 5.91 Å². The van der Waals surface area contributed by atoms with Gasteiger partial charge in [0.25, 0.3) is 0 Å². The highest BCUT2D eigenvalue weighted by molar-refractivity contribution is 5.93. The molecule has 1 aromatic carbocycles. The number of hydrogen-bond donors (Lipinski definition) is 2. The van der Waals surface area contributed by atoms with Gasteiger partial charge in [0.1, 0.15) is 0 Å². The van der Waals surface area contributed by atoms with Crippen LogP contribution in [0.4, 0.5) is 5.69 Å². The molecule has 1 aliphatic heterocycles. The number of amides is 1. The van der Waals surface area contributed by atoms with E-state index in [1.54, 1.807) is 0 Å². The predicted octanol–water partition coefficient (Wildman–Crippen LogP) is 2.35. The average molecular weight is 289 g/mol. The molecule has 2 N–H and O–H groups in total. The first-order valence-electron chi connectivity index (χ1n) is 7.90. The van der Waals surface area contributed by atoms with Crippen LogP contribution in [-0.4, -0.2) is 43.5 Å². The normalized spacial score (nSPS) is 16.8. The molecule has 1 amide bonds. The second kappa shape index (κ2) is 7.57. The molecule has 0 bridgehead atoms. The number of carbonyl (C=O) groups excluding carboxylic acids is 1. The van der Waals surface area contributed by atoms with Crippen LogP contribution in [0.2, 0.25) is 0 Å². The molecule has 0 saturated carbocycles. The van der Waals surface area contributed by atoms with E-state index in [0.29, 0.717) is 12.5 Å². The van der Waals surface area contributed by atoms with Crippen molar-refractivity contribution in [3.63, 3.8) is 0 Å². The minimum atomic E-state index is 0.0908. The van der Waals surface area contributed by atoms with Crippen molar-refractivity contribution in [2.24, 2.45) is 0 Å². The highest BCUT2D eigenvalue weighted by atomic mass is 16.2. The van der Waals surface area contributed by atoms with Crippen LogP contribution in [0.25, 0.3) is 0 Å². The Hall–Kier alpha value is -1.39. The molecule has 4 nitrogen and oxygen atoms in total. The van der Waals surface area contributed by atoms with Gasteiger partial charge < -0.3 is 10.6 Å². The number of aryl methyl sites for hydroxylation is 1. The number of benzene rings is 1. The van der Waals surface area contributed by atoms with E-state index in [2.05, 4.69) is 54.5 Å². The van der Waals surface area contributed by atoms with Gasteiger partial charge in [0.05, 0.1) is 6.54 Å². The van der Waals surface area contributed by atoms with Gasteiger partial charge in [-0.05, 0) is 43.5 Å². The first-order chi connectivity index (χ1) is 10.1. The molecule has 1 heterocycles. The minimum Gasteiger partial charge on any atom is -0.324 e. The molecule has 0 atom stereocenters. The second-order valence-corrected chi connectivity index (χ2v) is 6.12. The van der Waals surface area contributed by atoms with Crippen LogP contribution in [0.3, 0.4) is 0 Å². The molecule has 1 fully saturated rings. The zero-order chi connectivity index (χ0) is 15.2. The second-order valence-electron chi connectivity index (χ2n) is 6.12. The van der Waals surface area contributed by atoms with Gasteiger partial charge >= 0.3 is 0 Å². The molecular weight excluding hydrogens is 262 g/mol. The van der Waals surface area contributed by atoms with Crippen molar-refractivity contribution in [3.05, 3.63) is 29.3 Å². The fourth-order valence-electron chi connectivity index (χ4n) is 2.78. The molecule has 0 radical (unpaired) electrons. The maximum Gasteiger partial charge on any atom is 0.238 e. The lowest BCUT2D eigenvalue weighted by Crippen LogP contribution is -2.36. The SMILES string of the molecule is Cc1cccc(C(C)C)c1NC(=O)CN1CCCNCC1. The molecule has 1 aromatic rings. The van der Waals surface area contributed by atoms with E-state index in [0.717, 1.165) is 43.9 Å². The average Bonchev–Trinajstić information content (AvgIpc) is 2.69. The van der Waals surface area contributed by atoms with Gasteiger partial charge in [-0.2, -0.15) is 0 Å². The Labute approximate surface area is 127 Å². The van der Waals surface area contributed by atoms with Crippen LogP contribution in [0.15, 0.2) is 18.2 Å². The van der Waals surface area contributed by atoms with Crippen molar-refractivity contribution in [3.8, 4) is 0 Å². The lowest BCUT2D eigenvalue weighted by atomic mass is 9.98. The summed E-state index contributed by atoms with van der Waals surface area (Å²) >= 11 is 0. The maximum absolute atomic E-state index is 12.3. The van der Waals surface area contributed by atoms with E-state index in [1.165, 1.54) is 5.56 Å². The van der Waals surface area contributed by atoms with Crippen LogP contribution in [-0.2, 0) is 4.79 Å². The van der Waals surface area contributed by atoms with Crippen molar-refractivity contribution in [1.29, 1.82) is 0 Å². The molecule has 0 unspecified atom stereocenters. The summed E-state index contributed by atoms with van der Waals surface area (Å²) in [5, 5.41) is 6.49. The number of para-hydroxylation sites is 1. The fraction of sp³-hybridized carbons (Fsp3) is 0.588. The summed E-state index contributed by atoms with van der Waals surface area (Å²) in [6.45, 7) is 10.8. The molecule has 0 aromatic heterocycles. The summed E-state index contributed by atoms with van der Waals surface area (Å²) < 4.78 is 0. The smallest absolute Gasteiger partial charge is 0.238 e. The number of carbonyl (C=O) groups is 1. The number of nitrogens with zero attached hydrogens (tertiary/aromatic N) is 1. The van der Waals surface area contributed by atoms with E-state index in [-0.39, 0.29) is 5.91 Å². The zero-order valence-electron chi connectivity index (χ0n) is 13.4. The molecule has 116 valence electrons. The molecule has 0 aliphatic carbocycles. The maximum atomic E-state index is 12.3.